The lowest BCUT2D eigenvalue weighted by atomic mass is 10.3. The summed E-state index contributed by atoms with van der Waals surface area (Å²) in [5, 5.41) is 13.9. The Bertz CT molecular complexity index is 1110. The standard InChI is InChI=1S/C18H15FN4OS2/c1-2-16-21-22-18(14-9-15-13(23(14)16)7-8-25-15)26-10-17(24)20-12-6-4-3-5-11(12)19/h3-9H,2,10H2,1H3,(H,20,24). The molecule has 0 radical (unpaired) electrons. The van der Waals surface area contributed by atoms with Crippen LogP contribution in [0.25, 0.3) is 15.7 Å². The van der Waals surface area contributed by atoms with Gasteiger partial charge in [0.1, 0.15) is 16.7 Å². The van der Waals surface area contributed by atoms with Crippen LogP contribution in [0.4, 0.5) is 10.1 Å². The number of aromatic nitrogens is 3. The van der Waals surface area contributed by atoms with Gasteiger partial charge in [-0.3, -0.25) is 9.20 Å². The molecule has 0 spiro atoms. The van der Waals surface area contributed by atoms with E-state index in [2.05, 4.69) is 32.0 Å². The zero-order valence-corrected chi connectivity index (χ0v) is 15.5. The third-order valence-corrected chi connectivity index (χ3v) is 5.78. The average molecular weight is 386 g/mol. The molecule has 3 heterocycles. The van der Waals surface area contributed by atoms with Crippen molar-refractivity contribution in [3.05, 3.63) is 53.4 Å². The van der Waals surface area contributed by atoms with E-state index in [-0.39, 0.29) is 17.3 Å². The first-order valence-corrected chi connectivity index (χ1v) is 9.95. The maximum Gasteiger partial charge on any atom is 0.234 e. The summed E-state index contributed by atoms with van der Waals surface area (Å²) in [7, 11) is 0. The van der Waals surface area contributed by atoms with Crippen LogP contribution in [0.15, 0.2) is 46.8 Å². The van der Waals surface area contributed by atoms with E-state index in [4.69, 9.17) is 0 Å². The Morgan fingerprint density at radius 3 is 2.92 bits per heavy atom. The molecule has 0 saturated heterocycles. The summed E-state index contributed by atoms with van der Waals surface area (Å²) in [4.78, 5) is 12.2. The van der Waals surface area contributed by atoms with Crippen molar-refractivity contribution >= 4 is 50.4 Å². The van der Waals surface area contributed by atoms with Crippen LogP contribution in [0.1, 0.15) is 12.7 Å². The van der Waals surface area contributed by atoms with Crippen molar-refractivity contribution in [2.45, 2.75) is 18.4 Å². The quantitative estimate of drug-likeness (QED) is 0.517. The second-order valence-electron chi connectivity index (χ2n) is 5.63. The van der Waals surface area contributed by atoms with Gasteiger partial charge in [-0.2, -0.15) is 0 Å². The van der Waals surface area contributed by atoms with Crippen molar-refractivity contribution < 1.29 is 9.18 Å². The molecule has 0 aliphatic rings. The summed E-state index contributed by atoms with van der Waals surface area (Å²) in [6.45, 7) is 2.04. The first-order chi connectivity index (χ1) is 12.7. The number of para-hydroxylation sites is 1. The molecule has 132 valence electrons. The number of anilines is 1. The fourth-order valence-electron chi connectivity index (χ4n) is 2.77. The molecule has 1 aromatic carbocycles. The van der Waals surface area contributed by atoms with E-state index in [9.17, 15) is 9.18 Å². The number of aryl methyl sites for hydroxylation is 1. The normalized spacial score (nSPS) is 11.3. The first kappa shape index (κ1) is 17.0. The van der Waals surface area contributed by atoms with Crippen LogP contribution in [0.2, 0.25) is 0 Å². The molecule has 0 fully saturated rings. The molecule has 0 atom stereocenters. The summed E-state index contributed by atoms with van der Waals surface area (Å²) in [5.74, 6) is 0.275. The van der Waals surface area contributed by atoms with E-state index in [1.165, 1.54) is 23.9 Å². The fourth-order valence-corrected chi connectivity index (χ4v) is 4.31. The Morgan fingerprint density at radius 2 is 2.12 bits per heavy atom. The number of halogens is 1. The van der Waals surface area contributed by atoms with Crippen LogP contribution in [0, 0.1) is 5.82 Å². The minimum Gasteiger partial charge on any atom is -0.323 e. The predicted molar refractivity (Wildman–Crippen MR) is 104 cm³/mol. The number of hydrogen-bond donors (Lipinski definition) is 1. The summed E-state index contributed by atoms with van der Waals surface area (Å²) in [5.41, 5.74) is 2.23. The minimum absolute atomic E-state index is 0.128. The molecule has 0 saturated carbocycles. The van der Waals surface area contributed by atoms with Crippen LogP contribution in [0.3, 0.4) is 0 Å². The van der Waals surface area contributed by atoms with Crippen molar-refractivity contribution in [1.29, 1.82) is 0 Å². The Morgan fingerprint density at radius 1 is 1.27 bits per heavy atom. The summed E-state index contributed by atoms with van der Waals surface area (Å²) in [6.07, 6.45) is 0.766. The van der Waals surface area contributed by atoms with Gasteiger partial charge in [-0.05, 0) is 29.6 Å². The van der Waals surface area contributed by atoms with Gasteiger partial charge in [0.15, 0.2) is 0 Å². The van der Waals surface area contributed by atoms with E-state index < -0.39 is 5.82 Å². The highest BCUT2D eigenvalue weighted by molar-refractivity contribution is 8.00. The topological polar surface area (TPSA) is 59.3 Å². The van der Waals surface area contributed by atoms with E-state index in [0.717, 1.165) is 28.0 Å². The summed E-state index contributed by atoms with van der Waals surface area (Å²) < 4.78 is 16.9. The third-order valence-electron chi connectivity index (χ3n) is 3.96. The van der Waals surface area contributed by atoms with E-state index in [1.807, 2.05) is 12.3 Å². The van der Waals surface area contributed by atoms with Gasteiger partial charge in [0, 0.05) is 6.42 Å². The molecule has 0 unspecified atom stereocenters. The molecule has 26 heavy (non-hydrogen) atoms. The summed E-state index contributed by atoms with van der Waals surface area (Å²) in [6, 6.07) is 10.2. The molecule has 0 aliphatic carbocycles. The number of thiophene rings is 1. The molecule has 0 bridgehead atoms. The smallest absolute Gasteiger partial charge is 0.234 e. The maximum atomic E-state index is 13.6. The van der Waals surface area contributed by atoms with E-state index in [1.54, 1.807) is 23.5 Å². The Labute approximate surface area is 157 Å². The predicted octanol–water partition coefficient (Wildman–Crippen LogP) is 4.38. The SMILES string of the molecule is CCc1nnc(SCC(=O)Nc2ccccc2F)c2cc3sccc3n12. The number of hydrogen-bond acceptors (Lipinski definition) is 5. The molecule has 4 aromatic rings. The van der Waals surface area contributed by atoms with Crippen LogP contribution < -0.4 is 5.32 Å². The van der Waals surface area contributed by atoms with Crippen LogP contribution in [0.5, 0.6) is 0 Å². The Hall–Kier alpha value is -2.45. The molecular weight excluding hydrogens is 371 g/mol. The maximum absolute atomic E-state index is 13.6. The lowest BCUT2D eigenvalue weighted by molar-refractivity contribution is -0.113. The lowest BCUT2D eigenvalue weighted by Gasteiger charge is -2.08. The molecule has 3 aromatic heterocycles. The highest BCUT2D eigenvalue weighted by atomic mass is 32.2. The molecule has 4 rings (SSSR count). The monoisotopic (exact) mass is 386 g/mol. The van der Waals surface area contributed by atoms with E-state index >= 15 is 0 Å². The van der Waals surface area contributed by atoms with Gasteiger partial charge in [-0.25, -0.2) is 4.39 Å². The summed E-state index contributed by atoms with van der Waals surface area (Å²) >= 11 is 2.96. The number of benzene rings is 1. The largest absolute Gasteiger partial charge is 0.323 e. The molecule has 8 heteroatoms. The number of nitrogens with zero attached hydrogens (tertiary/aromatic N) is 3. The second kappa shape index (κ2) is 7.05. The molecule has 0 aliphatic heterocycles. The minimum atomic E-state index is -0.452. The molecule has 1 N–H and O–H groups in total. The number of rotatable bonds is 5. The number of fused-ring (bicyclic) bond motifs is 3. The Kier molecular flexibility index (Phi) is 4.60. The van der Waals surface area contributed by atoms with Crippen molar-refractivity contribution in [2.75, 3.05) is 11.1 Å². The van der Waals surface area contributed by atoms with Gasteiger partial charge in [0.25, 0.3) is 0 Å². The number of amides is 1. The number of nitrogens with one attached hydrogen (secondary N) is 1. The lowest BCUT2D eigenvalue weighted by Crippen LogP contribution is -2.15. The van der Waals surface area contributed by atoms with Crippen molar-refractivity contribution in [3.63, 3.8) is 0 Å². The highest BCUT2D eigenvalue weighted by Gasteiger charge is 2.15. The van der Waals surface area contributed by atoms with Crippen molar-refractivity contribution in [3.8, 4) is 0 Å². The van der Waals surface area contributed by atoms with Crippen LogP contribution in [-0.4, -0.2) is 26.3 Å². The first-order valence-electron chi connectivity index (χ1n) is 8.08. The third kappa shape index (κ3) is 3.06. The second-order valence-corrected chi connectivity index (χ2v) is 7.54. The molecular formula is C18H15FN4OS2. The number of thioether (sulfide) groups is 1. The van der Waals surface area contributed by atoms with E-state index in [0.29, 0.717) is 5.03 Å². The zero-order valence-electron chi connectivity index (χ0n) is 13.9. The van der Waals surface area contributed by atoms with Gasteiger partial charge in [0.2, 0.25) is 5.91 Å². The van der Waals surface area contributed by atoms with Crippen molar-refractivity contribution in [1.82, 2.24) is 14.6 Å². The number of carbonyl (C=O) groups is 1. The van der Waals surface area contributed by atoms with Crippen LogP contribution in [-0.2, 0) is 11.2 Å². The fraction of sp³-hybridized carbons (Fsp3) is 0.167. The zero-order chi connectivity index (χ0) is 18.1. The molecule has 1 amide bonds. The van der Waals surface area contributed by atoms with Gasteiger partial charge >= 0.3 is 0 Å². The average Bonchev–Trinajstić information content (AvgIpc) is 3.23. The van der Waals surface area contributed by atoms with Crippen molar-refractivity contribution in [2.24, 2.45) is 0 Å². The Balaban J connectivity index is 1.58. The van der Waals surface area contributed by atoms with Gasteiger partial charge < -0.3 is 5.32 Å². The van der Waals surface area contributed by atoms with Gasteiger partial charge in [0.05, 0.1) is 27.2 Å². The molecule has 5 nitrogen and oxygen atoms in total. The van der Waals surface area contributed by atoms with Crippen LogP contribution >= 0.6 is 23.1 Å². The van der Waals surface area contributed by atoms with Gasteiger partial charge in [-0.15, -0.1) is 21.5 Å². The number of carbonyl (C=O) groups excluding carboxylic acids is 1. The highest BCUT2D eigenvalue weighted by Crippen LogP contribution is 2.31. The van der Waals surface area contributed by atoms with Gasteiger partial charge in [-0.1, -0.05) is 30.8 Å².